The molecule has 2 heterocycles. The van der Waals surface area contributed by atoms with E-state index >= 15 is 0 Å². The number of nitrogens with one attached hydrogen (secondary N) is 1. The molecule has 3 atom stereocenters. The summed E-state index contributed by atoms with van der Waals surface area (Å²) >= 11 is 0. The molecule has 1 saturated heterocycles. The number of hydrogen-bond acceptors (Lipinski definition) is 4. The van der Waals surface area contributed by atoms with Crippen LogP contribution in [0.25, 0.3) is 0 Å². The fraction of sp³-hybridized carbons (Fsp3) is 0.625. The van der Waals surface area contributed by atoms with Gasteiger partial charge in [-0.25, -0.2) is 0 Å². The van der Waals surface area contributed by atoms with E-state index in [1.807, 2.05) is 6.07 Å². The van der Waals surface area contributed by atoms with Gasteiger partial charge in [0.15, 0.2) is 11.5 Å². The van der Waals surface area contributed by atoms with Gasteiger partial charge in [-0.1, -0.05) is 13.0 Å². The average Bonchev–Trinajstić information content (AvgIpc) is 2.89. The summed E-state index contributed by atoms with van der Waals surface area (Å²) in [5.74, 6) is 2.41. The molecular weight excluding hydrogens is 252 g/mol. The van der Waals surface area contributed by atoms with Crippen LogP contribution in [-0.4, -0.2) is 37.4 Å². The molecular formula is C16H24N2O2. The summed E-state index contributed by atoms with van der Waals surface area (Å²) in [6.07, 6.45) is 1.21. The van der Waals surface area contributed by atoms with Gasteiger partial charge in [-0.3, -0.25) is 0 Å². The number of fused-ring (bicyclic) bond motifs is 1. The summed E-state index contributed by atoms with van der Waals surface area (Å²) in [4.78, 5) is 2.45. The first kappa shape index (κ1) is 13.7. The van der Waals surface area contributed by atoms with Gasteiger partial charge >= 0.3 is 0 Å². The maximum absolute atomic E-state index is 5.43. The van der Waals surface area contributed by atoms with Crippen molar-refractivity contribution < 1.29 is 9.47 Å². The van der Waals surface area contributed by atoms with E-state index in [4.69, 9.17) is 9.47 Å². The van der Waals surface area contributed by atoms with Crippen LogP contribution in [0.5, 0.6) is 11.5 Å². The van der Waals surface area contributed by atoms with Gasteiger partial charge in [-0.2, -0.15) is 0 Å². The lowest BCUT2D eigenvalue weighted by Gasteiger charge is -2.40. The van der Waals surface area contributed by atoms with E-state index in [9.17, 15) is 0 Å². The van der Waals surface area contributed by atoms with Gasteiger partial charge in [0.25, 0.3) is 0 Å². The highest BCUT2D eigenvalue weighted by molar-refractivity contribution is 5.44. The lowest BCUT2D eigenvalue weighted by Crippen LogP contribution is -2.50. The van der Waals surface area contributed by atoms with Gasteiger partial charge in [-0.15, -0.1) is 0 Å². The van der Waals surface area contributed by atoms with Crippen LogP contribution in [0.3, 0.4) is 0 Å². The summed E-state index contributed by atoms with van der Waals surface area (Å²) < 4.78 is 10.8. The van der Waals surface area contributed by atoms with E-state index in [0.717, 1.165) is 18.0 Å². The molecule has 1 N–H and O–H groups in total. The van der Waals surface area contributed by atoms with Crippen LogP contribution in [0.1, 0.15) is 25.8 Å². The molecule has 2 aliphatic rings. The Bertz CT molecular complexity index is 478. The zero-order valence-corrected chi connectivity index (χ0v) is 12.6. The van der Waals surface area contributed by atoms with Gasteiger partial charge in [0.05, 0.1) is 0 Å². The monoisotopic (exact) mass is 276 g/mol. The predicted octanol–water partition coefficient (Wildman–Crippen LogP) is 2.23. The van der Waals surface area contributed by atoms with Crippen molar-refractivity contribution in [1.29, 1.82) is 0 Å². The van der Waals surface area contributed by atoms with Crippen molar-refractivity contribution in [2.75, 3.05) is 20.4 Å². The zero-order chi connectivity index (χ0) is 14.1. The highest BCUT2D eigenvalue weighted by Crippen LogP contribution is 2.32. The van der Waals surface area contributed by atoms with Crippen LogP contribution in [-0.2, 0) is 6.54 Å². The molecule has 0 bridgehead atoms. The minimum absolute atomic E-state index is 0.343. The summed E-state index contributed by atoms with van der Waals surface area (Å²) in [6, 6.07) is 7.44. The molecule has 0 radical (unpaired) electrons. The van der Waals surface area contributed by atoms with E-state index in [-0.39, 0.29) is 0 Å². The number of hydrogen-bond donors (Lipinski definition) is 1. The number of likely N-dealkylation sites (tertiary alicyclic amines) is 1. The number of piperidine rings is 1. The highest BCUT2D eigenvalue weighted by atomic mass is 16.7. The third-order valence-corrected chi connectivity index (χ3v) is 4.62. The SMILES string of the molecule is C[C@@H]1CN(C)[C@H](C)C[C@H]1NCc1ccc2c(c1)OCO2. The number of benzene rings is 1. The molecule has 0 amide bonds. The van der Waals surface area contributed by atoms with E-state index < -0.39 is 0 Å². The Morgan fingerprint density at radius 2 is 2.05 bits per heavy atom. The van der Waals surface area contributed by atoms with Crippen molar-refractivity contribution in [3.63, 3.8) is 0 Å². The van der Waals surface area contributed by atoms with Crippen molar-refractivity contribution in [2.24, 2.45) is 5.92 Å². The van der Waals surface area contributed by atoms with Crippen molar-refractivity contribution in [3.05, 3.63) is 23.8 Å². The lowest BCUT2D eigenvalue weighted by atomic mass is 9.89. The molecule has 110 valence electrons. The average molecular weight is 276 g/mol. The van der Waals surface area contributed by atoms with Crippen molar-refractivity contribution >= 4 is 0 Å². The summed E-state index contributed by atoms with van der Waals surface area (Å²) in [5.41, 5.74) is 1.26. The Hall–Kier alpha value is -1.26. The Kier molecular flexibility index (Phi) is 3.85. The normalized spacial score (nSPS) is 29.6. The molecule has 20 heavy (non-hydrogen) atoms. The van der Waals surface area contributed by atoms with E-state index in [1.54, 1.807) is 0 Å². The molecule has 1 aromatic carbocycles. The molecule has 4 heteroatoms. The molecule has 0 spiro atoms. The summed E-state index contributed by atoms with van der Waals surface area (Å²) in [6.45, 7) is 7.04. The Morgan fingerprint density at radius 1 is 1.25 bits per heavy atom. The fourth-order valence-corrected chi connectivity index (χ4v) is 3.13. The standard InChI is InChI=1S/C16H24N2O2/c1-11-9-18(3)12(2)6-14(11)17-8-13-4-5-15-16(7-13)20-10-19-15/h4-5,7,11-12,14,17H,6,8-10H2,1-3H3/t11-,12-,14-/m1/s1. The Morgan fingerprint density at radius 3 is 2.90 bits per heavy atom. The summed E-state index contributed by atoms with van der Waals surface area (Å²) in [5, 5.41) is 3.71. The second-order valence-corrected chi connectivity index (χ2v) is 6.18. The number of rotatable bonds is 3. The second-order valence-electron chi connectivity index (χ2n) is 6.18. The molecule has 1 fully saturated rings. The molecule has 0 aliphatic carbocycles. The van der Waals surface area contributed by atoms with Crippen LogP contribution in [0.2, 0.25) is 0 Å². The van der Waals surface area contributed by atoms with Crippen LogP contribution >= 0.6 is 0 Å². The van der Waals surface area contributed by atoms with E-state index in [1.165, 1.54) is 18.5 Å². The quantitative estimate of drug-likeness (QED) is 0.918. The van der Waals surface area contributed by atoms with Crippen molar-refractivity contribution in [3.8, 4) is 11.5 Å². The van der Waals surface area contributed by atoms with Gasteiger partial charge < -0.3 is 19.7 Å². The molecule has 1 aromatic rings. The first-order valence-electron chi connectivity index (χ1n) is 7.45. The van der Waals surface area contributed by atoms with Crippen molar-refractivity contribution in [1.82, 2.24) is 10.2 Å². The van der Waals surface area contributed by atoms with Crippen LogP contribution < -0.4 is 14.8 Å². The Labute approximate surface area is 121 Å². The largest absolute Gasteiger partial charge is 0.454 e. The van der Waals surface area contributed by atoms with Crippen LogP contribution in [0.4, 0.5) is 0 Å². The molecule has 4 nitrogen and oxygen atoms in total. The van der Waals surface area contributed by atoms with Gasteiger partial charge in [0, 0.05) is 25.2 Å². The maximum Gasteiger partial charge on any atom is 0.231 e. The van der Waals surface area contributed by atoms with Crippen LogP contribution in [0.15, 0.2) is 18.2 Å². The molecule has 3 rings (SSSR count). The number of nitrogens with zero attached hydrogens (tertiary/aromatic N) is 1. The zero-order valence-electron chi connectivity index (χ0n) is 12.6. The molecule has 0 unspecified atom stereocenters. The first-order valence-corrected chi connectivity index (χ1v) is 7.45. The predicted molar refractivity (Wildman–Crippen MR) is 79.1 cm³/mol. The van der Waals surface area contributed by atoms with Gasteiger partial charge in [0.1, 0.15) is 0 Å². The third kappa shape index (κ3) is 2.76. The molecule has 0 saturated carbocycles. The molecule has 0 aromatic heterocycles. The number of ether oxygens (including phenoxy) is 2. The smallest absolute Gasteiger partial charge is 0.231 e. The first-order chi connectivity index (χ1) is 9.63. The molecule has 2 aliphatic heterocycles. The van der Waals surface area contributed by atoms with E-state index in [0.29, 0.717) is 24.8 Å². The summed E-state index contributed by atoms with van der Waals surface area (Å²) in [7, 11) is 2.22. The van der Waals surface area contributed by atoms with Crippen molar-refractivity contribution in [2.45, 2.75) is 38.9 Å². The van der Waals surface area contributed by atoms with Gasteiger partial charge in [0.2, 0.25) is 6.79 Å². The Balaban J connectivity index is 1.59. The minimum atomic E-state index is 0.343. The minimum Gasteiger partial charge on any atom is -0.454 e. The van der Waals surface area contributed by atoms with Crippen LogP contribution in [0, 0.1) is 5.92 Å². The van der Waals surface area contributed by atoms with Gasteiger partial charge in [-0.05, 0) is 44.0 Å². The fourth-order valence-electron chi connectivity index (χ4n) is 3.13. The third-order valence-electron chi connectivity index (χ3n) is 4.62. The topological polar surface area (TPSA) is 33.7 Å². The van der Waals surface area contributed by atoms with E-state index in [2.05, 4.69) is 43.2 Å². The maximum atomic E-state index is 5.43. The highest BCUT2D eigenvalue weighted by Gasteiger charge is 2.28. The lowest BCUT2D eigenvalue weighted by molar-refractivity contribution is 0.121. The second kappa shape index (κ2) is 5.62.